The average molecular weight is 235 g/mol. The molecule has 1 aromatic carbocycles. The fourth-order valence-electron chi connectivity index (χ4n) is 2.55. The van der Waals surface area contributed by atoms with Gasteiger partial charge in [-0.1, -0.05) is 30.3 Å². The van der Waals surface area contributed by atoms with Crippen LogP contribution in [0.2, 0.25) is 0 Å². The fraction of sp³-hybridized carbons (Fsp3) is 0.571. The van der Waals surface area contributed by atoms with Crippen molar-refractivity contribution in [3.05, 3.63) is 35.9 Å². The van der Waals surface area contributed by atoms with Crippen LogP contribution >= 0.6 is 0 Å². The minimum Gasteiger partial charge on any atom is -0.396 e. The number of rotatable bonds is 4. The molecule has 0 radical (unpaired) electrons. The number of aliphatic hydroxyl groups excluding tert-OH is 2. The quantitative estimate of drug-likeness (QED) is 0.825. The molecule has 2 atom stereocenters. The molecule has 0 amide bonds. The molecule has 1 aliphatic heterocycles. The third kappa shape index (κ3) is 3.28. The summed E-state index contributed by atoms with van der Waals surface area (Å²) >= 11 is 0. The van der Waals surface area contributed by atoms with Crippen molar-refractivity contribution in [3.63, 3.8) is 0 Å². The van der Waals surface area contributed by atoms with Crippen molar-refractivity contribution in [1.82, 2.24) is 4.90 Å². The Morgan fingerprint density at radius 3 is 2.47 bits per heavy atom. The highest BCUT2D eigenvalue weighted by atomic mass is 16.3. The molecular formula is C14H21NO2. The molecule has 0 aliphatic carbocycles. The molecule has 17 heavy (non-hydrogen) atoms. The topological polar surface area (TPSA) is 43.7 Å². The second-order valence-electron chi connectivity index (χ2n) is 4.88. The van der Waals surface area contributed by atoms with E-state index in [1.165, 1.54) is 5.56 Å². The first kappa shape index (κ1) is 12.6. The Bertz CT molecular complexity index is 328. The van der Waals surface area contributed by atoms with Gasteiger partial charge in [0, 0.05) is 25.7 Å². The van der Waals surface area contributed by atoms with Crippen molar-refractivity contribution < 1.29 is 10.2 Å². The van der Waals surface area contributed by atoms with Crippen LogP contribution in [0.1, 0.15) is 18.4 Å². The Hall–Kier alpha value is -0.900. The van der Waals surface area contributed by atoms with Crippen molar-refractivity contribution in [1.29, 1.82) is 0 Å². The Kier molecular flexibility index (Phi) is 4.54. The van der Waals surface area contributed by atoms with Crippen LogP contribution in [-0.2, 0) is 6.54 Å². The number of nitrogens with zero attached hydrogens (tertiary/aromatic N) is 1. The molecule has 1 fully saturated rings. The molecule has 1 aromatic rings. The molecule has 0 unspecified atom stereocenters. The third-order valence-electron chi connectivity index (χ3n) is 3.61. The molecule has 0 bridgehead atoms. The summed E-state index contributed by atoms with van der Waals surface area (Å²) in [6.45, 7) is 2.22. The van der Waals surface area contributed by atoms with Gasteiger partial charge in [-0.3, -0.25) is 4.90 Å². The van der Waals surface area contributed by atoms with Crippen LogP contribution in [-0.4, -0.2) is 40.9 Å². The summed E-state index contributed by atoms with van der Waals surface area (Å²) in [6, 6.07) is 10.6. The number of aliphatic hydroxyl groups is 2. The Morgan fingerprint density at radius 1 is 1.06 bits per heavy atom. The van der Waals surface area contributed by atoms with Crippen molar-refractivity contribution >= 4 is 0 Å². The Labute approximate surface area is 103 Å². The van der Waals surface area contributed by atoms with Gasteiger partial charge in [0.15, 0.2) is 0 Å². The van der Waals surface area contributed by atoms with Gasteiger partial charge >= 0.3 is 0 Å². The summed E-state index contributed by atoms with van der Waals surface area (Å²) < 4.78 is 0. The van der Waals surface area contributed by atoms with E-state index < -0.39 is 0 Å². The standard InChI is InChI=1S/C14H21NO2/c16-10-13-6-7-14(11-17)15(9-13)8-12-4-2-1-3-5-12/h1-5,13-14,16-17H,6-11H2/t13-,14+/m0/s1. The lowest BCUT2D eigenvalue weighted by atomic mass is 9.93. The van der Waals surface area contributed by atoms with Crippen LogP contribution in [0, 0.1) is 5.92 Å². The smallest absolute Gasteiger partial charge is 0.0587 e. The molecule has 2 N–H and O–H groups in total. The molecule has 1 aliphatic rings. The first-order chi connectivity index (χ1) is 8.33. The van der Waals surface area contributed by atoms with Gasteiger partial charge in [-0.25, -0.2) is 0 Å². The van der Waals surface area contributed by atoms with E-state index in [9.17, 15) is 10.2 Å². The minimum atomic E-state index is 0.213. The lowest BCUT2D eigenvalue weighted by molar-refractivity contribution is 0.0387. The zero-order valence-electron chi connectivity index (χ0n) is 10.1. The van der Waals surface area contributed by atoms with Crippen LogP contribution < -0.4 is 0 Å². The van der Waals surface area contributed by atoms with Crippen molar-refractivity contribution in [3.8, 4) is 0 Å². The Balaban J connectivity index is 2.00. The van der Waals surface area contributed by atoms with Crippen molar-refractivity contribution in [2.75, 3.05) is 19.8 Å². The van der Waals surface area contributed by atoms with Gasteiger partial charge in [0.1, 0.15) is 0 Å². The second-order valence-corrected chi connectivity index (χ2v) is 4.88. The molecule has 3 heteroatoms. The average Bonchev–Trinajstić information content (AvgIpc) is 2.40. The van der Waals surface area contributed by atoms with E-state index >= 15 is 0 Å². The van der Waals surface area contributed by atoms with Gasteiger partial charge in [0.05, 0.1) is 6.61 Å². The number of likely N-dealkylation sites (tertiary alicyclic amines) is 1. The lowest BCUT2D eigenvalue weighted by Gasteiger charge is -2.38. The maximum absolute atomic E-state index is 9.39. The summed E-state index contributed by atoms with van der Waals surface area (Å²) in [6.07, 6.45) is 2.00. The molecule has 3 nitrogen and oxygen atoms in total. The van der Waals surface area contributed by atoms with E-state index in [1.54, 1.807) is 0 Å². The molecule has 94 valence electrons. The van der Waals surface area contributed by atoms with E-state index in [1.807, 2.05) is 18.2 Å². The summed E-state index contributed by atoms with van der Waals surface area (Å²) in [5.74, 6) is 0.363. The van der Waals surface area contributed by atoms with Gasteiger partial charge in [-0.05, 0) is 24.3 Å². The highest BCUT2D eigenvalue weighted by Gasteiger charge is 2.27. The number of hydrogen-bond donors (Lipinski definition) is 2. The highest BCUT2D eigenvalue weighted by molar-refractivity contribution is 5.14. The first-order valence-corrected chi connectivity index (χ1v) is 6.33. The van der Waals surface area contributed by atoms with E-state index in [0.717, 1.165) is 25.9 Å². The maximum Gasteiger partial charge on any atom is 0.0587 e. The van der Waals surface area contributed by atoms with Crippen LogP contribution in [0.4, 0.5) is 0 Å². The number of piperidine rings is 1. The zero-order chi connectivity index (χ0) is 12.1. The molecule has 1 saturated heterocycles. The van der Waals surface area contributed by atoms with E-state index in [4.69, 9.17) is 0 Å². The van der Waals surface area contributed by atoms with Gasteiger partial charge < -0.3 is 10.2 Å². The van der Waals surface area contributed by atoms with Crippen molar-refractivity contribution in [2.45, 2.75) is 25.4 Å². The van der Waals surface area contributed by atoms with E-state index in [2.05, 4.69) is 17.0 Å². The van der Waals surface area contributed by atoms with Crippen LogP contribution in [0.15, 0.2) is 30.3 Å². The normalized spacial score (nSPS) is 26.0. The third-order valence-corrected chi connectivity index (χ3v) is 3.61. The lowest BCUT2D eigenvalue weighted by Crippen LogP contribution is -2.45. The van der Waals surface area contributed by atoms with Crippen LogP contribution in [0.25, 0.3) is 0 Å². The predicted molar refractivity (Wildman–Crippen MR) is 67.5 cm³/mol. The van der Waals surface area contributed by atoms with Gasteiger partial charge in [-0.2, -0.15) is 0 Å². The van der Waals surface area contributed by atoms with Gasteiger partial charge in [0.25, 0.3) is 0 Å². The largest absolute Gasteiger partial charge is 0.396 e. The summed E-state index contributed by atoms with van der Waals surface area (Å²) in [5, 5.41) is 18.6. The second kappa shape index (κ2) is 6.15. The monoisotopic (exact) mass is 235 g/mol. The number of benzene rings is 1. The highest BCUT2D eigenvalue weighted by Crippen LogP contribution is 2.23. The molecule has 1 heterocycles. The molecular weight excluding hydrogens is 214 g/mol. The maximum atomic E-state index is 9.39. The summed E-state index contributed by atoms with van der Waals surface area (Å²) in [5.41, 5.74) is 1.27. The van der Waals surface area contributed by atoms with E-state index in [-0.39, 0.29) is 19.3 Å². The first-order valence-electron chi connectivity index (χ1n) is 6.33. The fourth-order valence-corrected chi connectivity index (χ4v) is 2.55. The predicted octanol–water partition coefficient (Wildman–Crippen LogP) is 1.25. The summed E-state index contributed by atoms with van der Waals surface area (Å²) in [4.78, 5) is 2.29. The molecule has 2 rings (SSSR count). The van der Waals surface area contributed by atoms with Gasteiger partial charge in [0.2, 0.25) is 0 Å². The number of hydrogen-bond acceptors (Lipinski definition) is 3. The van der Waals surface area contributed by atoms with Crippen molar-refractivity contribution in [2.24, 2.45) is 5.92 Å². The van der Waals surface area contributed by atoms with Crippen LogP contribution in [0.3, 0.4) is 0 Å². The SMILES string of the molecule is OC[C@H]1CC[C@H](CO)N(Cc2ccccc2)C1. The summed E-state index contributed by atoms with van der Waals surface area (Å²) in [7, 11) is 0. The Morgan fingerprint density at radius 2 is 1.82 bits per heavy atom. The minimum absolute atomic E-state index is 0.213. The van der Waals surface area contributed by atoms with E-state index in [0.29, 0.717) is 5.92 Å². The van der Waals surface area contributed by atoms with Crippen LogP contribution in [0.5, 0.6) is 0 Å². The van der Waals surface area contributed by atoms with Gasteiger partial charge in [-0.15, -0.1) is 0 Å². The zero-order valence-corrected chi connectivity index (χ0v) is 10.1. The molecule has 0 saturated carbocycles. The molecule has 0 aromatic heterocycles. The molecule has 0 spiro atoms.